The van der Waals surface area contributed by atoms with Gasteiger partial charge in [-0.3, -0.25) is 9.59 Å². The largest absolute Gasteiger partial charge is 0.363 e. The average molecular weight is 390 g/mol. The number of hydrogen-bond donors (Lipinski definition) is 0. The molecule has 0 saturated carbocycles. The van der Waals surface area contributed by atoms with Crippen LogP contribution in [0.1, 0.15) is 29.9 Å². The van der Waals surface area contributed by atoms with Gasteiger partial charge < -0.3 is 14.5 Å². The van der Waals surface area contributed by atoms with E-state index in [0.29, 0.717) is 37.2 Å². The van der Waals surface area contributed by atoms with Gasteiger partial charge in [0.05, 0.1) is 12.1 Å². The summed E-state index contributed by atoms with van der Waals surface area (Å²) in [6.45, 7) is -1.52. The summed E-state index contributed by atoms with van der Waals surface area (Å²) in [5, 5.41) is 3.64. The fourth-order valence-corrected chi connectivity index (χ4v) is 3.70. The summed E-state index contributed by atoms with van der Waals surface area (Å²) >= 11 is 0. The third-order valence-corrected chi connectivity index (χ3v) is 5.31. The Hall–Kier alpha value is -2.81. The minimum atomic E-state index is -2.77. The molecule has 2 aliphatic heterocycles. The van der Waals surface area contributed by atoms with Crippen molar-refractivity contribution in [2.75, 3.05) is 31.1 Å². The Balaban J connectivity index is 1.42. The summed E-state index contributed by atoms with van der Waals surface area (Å²) in [5.41, 5.74) is 0.316. The molecule has 28 heavy (non-hydrogen) atoms. The van der Waals surface area contributed by atoms with E-state index in [1.807, 2.05) is 30.3 Å². The van der Waals surface area contributed by atoms with Crippen LogP contribution < -0.4 is 4.90 Å². The van der Waals surface area contributed by atoms with E-state index in [0.717, 1.165) is 11.9 Å². The maximum absolute atomic E-state index is 12.7. The number of halogens is 2. The van der Waals surface area contributed by atoms with E-state index >= 15 is 0 Å². The fraction of sp³-hybridized carbons (Fsp3) is 0.421. The number of piperidine rings is 1. The van der Waals surface area contributed by atoms with Gasteiger partial charge in [0.15, 0.2) is 5.69 Å². The highest BCUT2D eigenvalue weighted by molar-refractivity contribution is 5.95. The maximum atomic E-state index is 12.7. The molecule has 1 aromatic carbocycles. The van der Waals surface area contributed by atoms with Gasteiger partial charge in [0, 0.05) is 25.0 Å². The number of aromatic nitrogens is 2. The van der Waals surface area contributed by atoms with Crippen LogP contribution in [0.4, 0.5) is 14.5 Å². The summed E-state index contributed by atoms with van der Waals surface area (Å²) < 4.78 is 31.7. The van der Waals surface area contributed by atoms with Crippen LogP contribution in [0.3, 0.4) is 0 Å². The molecule has 1 spiro atoms. The molecule has 2 aliphatic rings. The number of ether oxygens (including phenoxy) is 1. The van der Waals surface area contributed by atoms with Gasteiger partial charge >= 0.3 is 6.55 Å². The van der Waals surface area contributed by atoms with Gasteiger partial charge in [0.2, 0.25) is 0 Å². The van der Waals surface area contributed by atoms with E-state index in [1.54, 1.807) is 9.80 Å². The van der Waals surface area contributed by atoms with Gasteiger partial charge in [0.1, 0.15) is 6.61 Å². The maximum Gasteiger partial charge on any atom is 0.333 e. The predicted molar refractivity (Wildman–Crippen MR) is 96.1 cm³/mol. The standard InChI is InChI=1S/C19H20F2N4O3/c20-18(21)25-9-6-15(22-25)17(27)23-10-7-19(8-11-23)13-24(16(26)12-28-19)14-4-2-1-3-5-14/h1-6,9,18H,7-8,10-13H2. The number of hydrogen-bond acceptors (Lipinski definition) is 4. The molecule has 0 aliphatic carbocycles. The van der Waals surface area contributed by atoms with Crippen molar-refractivity contribution in [1.29, 1.82) is 0 Å². The number of para-hydroxylation sites is 1. The molecule has 0 unspecified atom stereocenters. The summed E-state index contributed by atoms with van der Waals surface area (Å²) in [6, 6.07) is 10.7. The Kier molecular flexibility index (Phi) is 4.84. The lowest BCUT2D eigenvalue weighted by Gasteiger charge is -2.46. The van der Waals surface area contributed by atoms with Crippen molar-refractivity contribution in [3.05, 3.63) is 48.3 Å². The first-order valence-electron chi connectivity index (χ1n) is 9.09. The van der Waals surface area contributed by atoms with E-state index in [9.17, 15) is 18.4 Å². The molecular formula is C19H20F2N4O3. The van der Waals surface area contributed by atoms with Gasteiger partial charge in [-0.05, 0) is 31.0 Å². The molecule has 0 atom stereocenters. The van der Waals surface area contributed by atoms with Crippen LogP contribution in [0.5, 0.6) is 0 Å². The van der Waals surface area contributed by atoms with Crippen molar-refractivity contribution in [3.8, 4) is 0 Å². The zero-order valence-electron chi connectivity index (χ0n) is 15.1. The molecule has 3 heterocycles. The van der Waals surface area contributed by atoms with Crippen LogP contribution in [-0.2, 0) is 9.53 Å². The number of alkyl halides is 2. The highest BCUT2D eigenvalue weighted by Gasteiger charge is 2.43. The van der Waals surface area contributed by atoms with E-state index in [-0.39, 0.29) is 24.1 Å². The molecule has 4 rings (SSSR count). The van der Waals surface area contributed by atoms with Crippen molar-refractivity contribution in [3.63, 3.8) is 0 Å². The van der Waals surface area contributed by atoms with Crippen LogP contribution in [0, 0.1) is 0 Å². The van der Waals surface area contributed by atoms with Gasteiger partial charge in [-0.1, -0.05) is 18.2 Å². The third-order valence-electron chi connectivity index (χ3n) is 5.31. The number of likely N-dealkylation sites (tertiary alicyclic amines) is 1. The summed E-state index contributed by atoms with van der Waals surface area (Å²) in [6.07, 6.45) is 2.22. The molecule has 0 N–H and O–H groups in total. The van der Waals surface area contributed by atoms with Crippen molar-refractivity contribution in [2.24, 2.45) is 0 Å². The zero-order chi connectivity index (χ0) is 19.7. The number of benzene rings is 1. The van der Waals surface area contributed by atoms with Crippen LogP contribution in [0.15, 0.2) is 42.6 Å². The first-order valence-corrected chi connectivity index (χ1v) is 9.09. The van der Waals surface area contributed by atoms with E-state index in [1.165, 1.54) is 6.07 Å². The number of rotatable bonds is 3. The number of amides is 2. The van der Waals surface area contributed by atoms with Crippen molar-refractivity contribution in [1.82, 2.24) is 14.7 Å². The van der Waals surface area contributed by atoms with E-state index in [2.05, 4.69) is 5.10 Å². The quantitative estimate of drug-likeness (QED) is 0.807. The second-order valence-electron chi connectivity index (χ2n) is 7.04. The lowest BCUT2D eigenvalue weighted by molar-refractivity contribution is -0.143. The second kappa shape index (κ2) is 7.31. The molecule has 2 aromatic rings. The Bertz CT molecular complexity index is 863. The van der Waals surface area contributed by atoms with Crippen LogP contribution >= 0.6 is 0 Å². The molecule has 7 nitrogen and oxygen atoms in total. The first kappa shape index (κ1) is 18.5. The minimum absolute atomic E-state index is 0.00162. The zero-order valence-corrected chi connectivity index (χ0v) is 15.1. The van der Waals surface area contributed by atoms with Gasteiger partial charge in [0.25, 0.3) is 11.8 Å². The monoisotopic (exact) mass is 390 g/mol. The Morgan fingerprint density at radius 3 is 2.50 bits per heavy atom. The second-order valence-corrected chi connectivity index (χ2v) is 7.04. The Labute approximate surface area is 160 Å². The van der Waals surface area contributed by atoms with E-state index < -0.39 is 12.2 Å². The number of anilines is 1. The molecule has 9 heteroatoms. The number of morpholine rings is 1. The summed E-state index contributed by atoms with van der Waals surface area (Å²) in [7, 11) is 0. The summed E-state index contributed by atoms with van der Waals surface area (Å²) in [4.78, 5) is 28.2. The van der Waals surface area contributed by atoms with E-state index in [4.69, 9.17) is 4.74 Å². The Morgan fingerprint density at radius 2 is 1.86 bits per heavy atom. The average Bonchev–Trinajstić information content (AvgIpc) is 3.21. The van der Waals surface area contributed by atoms with Crippen LogP contribution in [0.25, 0.3) is 0 Å². The normalized spacial score (nSPS) is 19.5. The molecule has 2 fully saturated rings. The van der Waals surface area contributed by atoms with Crippen molar-refractivity contribution in [2.45, 2.75) is 25.0 Å². The first-order chi connectivity index (χ1) is 13.5. The fourth-order valence-electron chi connectivity index (χ4n) is 3.70. The van der Waals surface area contributed by atoms with Crippen molar-refractivity contribution < 1.29 is 23.1 Å². The predicted octanol–water partition coefficient (Wildman–Crippen LogP) is 2.32. The molecule has 148 valence electrons. The van der Waals surface area contributed by atoms with Crippen LogP contribution in [0.2, 0.25) is 0 Å². The molecule has 1 aromatic heterocycles. The Morgan fingerprint density at radius 1 is 1.14 bits per heavy atom. The molecular weight excluding hydrogens is 370 g/mol. The molecule has 0 bridgehead atoms. The topological polar surface area (TPSA) is 67.7 Å². The highest BCUT2D eigenvalue weighted by Crippen LogP contribution is 2.33. The molecule has 2 saturated heterocycles. The lowest BCUT2D eigenvalue weighted by atomic mass is 9.89. The number of carbonyl (C=O) groups is 2. The van der Waals surface area contributed by atoms with Gasteiger partial charge in [-0.15, -0.1) is 0 Å². The smallest absolute Gasteiger partial charge is 0.333 e. The third kappa shape index (κ3) is 3.49. The highest BCUT2D eigenvalue weighted by atomic mass is 19.3. The number of nitrogens with zero attached hydrogens (tertiary/aromatic N) is 4. The number of carbonyl (C=O) groups excluding carboxylic acids is 2. The lowest BCUT2D eigenvalue weighted by Crippen LogP contribution is -2.59. The van der Waals surface area contributed by atoms with Gasteiger partial charge in [-0.25, -0.2) is 4.68 Å². The summed E-state index contributed by atoms with van der Waals surface area (Å²) in [5.74, 6) is -0.464. The SMILES string of the molecule is O=C(c1ccn(C(F)F)n1)N1CCC2(CC1)CN(c1ccccc1)C(=O)CO2. The van der Waals surface area contributed by atoms with Crippen LogP contribution in [-0.4, -0.2) is 58.3 Å². The van der Waals surface area contributed by atoms with Crippen molar-refractivity contribution >= 4 is 17.5 Å². The molecule has 0 radical (unpaired) electrons. The minimum Gasteiger partial charge on any atom is -0.363 e. The molecule has 2 amide bonds. The van der Waals surface area contributed by atoms with Gasteiger partial charge in [-0.2, -0.15) is 13.9 Å².